The molecule has 8 nitrogen and oxygen atoms in total. The van der Waals surface area contributed by atoms with Crippen LogP contribution in [0.2, 0.25) is 0 Å². The zero-order valence-corrected chi connectivity index (χ0v) is 20.1. The zero-order chi connectivity index (χ0) is 29.4. The standard InChI is InChI=1S/C24H17F8N5O3/c1-11(40-18-9-35-36-21(38)19(18)24(30,31)32)4-14(25)10-37-3-2-12-5-16(17(26)6-15(12)22(37)39)20-33-7-13(8-34-20)23(27,28)29/h2-3,5-9,11,14H,4,10H2,1H3,(H,36,38)/t11-,14+/m0/s1. The van der Waals surface area contributed by atoms with Gasteiger partial charge in [-0.2, -0.15) is 31.4 Å². The van der Waals surface area contributed by atoms with Crippen molar-refractivity contribution in [1.29, 1.82) is 0 Å². The fourth-order valence-electron chi connectivity index (χ4n) is 3.89. The lowest BCUT2D eigenvalue weighted by Gasteiger charge is -2.19. The molecule has 1 aromatic carbocycles. The van der Waals surface area contributed by atoms with Crippen LogP contribution >= 0.6 is 0 Å². The lowest BCUT2D eigenvalue weighted by Crippen LogP contribution is -2.29. The minimum Gasteiger partial charge on any atom is -0.488 e. The van der Waals surface area contributed by atoms with Crippen LogP contribution in [0, 0.1) is 5.82 Å². The fraction of sp³-hybridized carbons (Fsp3) is 0.292. The molecule has 40 heavy (non-hydrogen) atoms. The number of fused-ring (bicyclic) bond motifs is 1. The summed E-state index contributed by atoms with van der Waals surface area (Å²) >= 11 is 0. The van der Waals surface area contributed by atoms with E-state index in [1.54, 1.807) is 5.10 Å². The third-order valence-electron chi connectivity index (χ3n) is 5.70. The van der Waals surface area contributed by atoms with Gasteiger partial charge in [-0.05, 0) is 30.5 Å². The topological polar surface area (TPSA) is 103 Å². The van der Waals surface area contributed by atoms with Gasteiger partial charge < -0.3 is 9.30 Å². The maximum atomic E-state index is 14.8. The van der Waals surface area contributed by atoms with Crippen LogP contribution in [0.1, 0.15) is 24.5 Å². The second-order valence-electron chi connectivity index (χ2n) is 8.68. The van der Waals surface area contributed by atoms with E-state index in [4.69, 9.17) is 4.74 Å². The number of nitrogens with one attached hydrogen (secondary N) is 1. The van der Waals surface area contributed by atoms with Crippen molar-refractivity contribution < 1.29 is 39.9 Å². The van der Waals surface area contributed by atoms with Gasteiger partial charge in [0.05, 0.1) is 35.4 Å². The SMILES string of the molecule is C[C@@H](C[C@@H](F)Cn1ccc2cc(-c3ncc(C(F)(F)F)cn3)c(F)cc2c1=O)Oc1cn[nH]c(=O)c1C(F)(F)F. The smallest absolute Gasteiger partial charge is 0.425 e. The molecule has 4 aromatic rings. The number of hydrogen-bond donors (Lipinski definition) is 1. The Balaban J connectivity index is 1.51. The number of alkyl halides is 7. The third kappa shape index (κ3) is 6.10. The van der Waals surface area contributed by atoms with Crippen molar-refractivity contribution in [3.63, 3.8) is 0 Å². The van der Waals surface area contributed by atoms with E-state index in [-0.39, 0.29) is 22.2 Å². The molecule has 0 aliphatic carbocycles. The monoisotopic (exact) mass is 575 g/mol. The molecule has 0 bridgehead atoms. The number of aromatic amines is 1. The summed E-state index contributed by atoms with van der Waals surface area (Å²) in [6, 6.07) is 3.33. The zero-order valence-electron chi connectivity index (χ0n) is 20.1. The Bertz CT molecular complexity index is 1650. The number of hydrogen-bond acceptors (Lipinski definition) is 6. The molecule has 3 heterocycles. The Kier molecular flexibility index (Phi) is 7.63. The van der Waals surface area contributed by atoms with E-state index in [2.05, 4.69) is 15.1 Å². The highest BCUT2D eigenvalue weighted by molar-refractivity contribution is 5.85. The van der Waals surface area contributed by atoms with Crippen LogP contribution in [0.5, 0.6) is 5.75 Å². The number of ether oxygens (including phenoxy) is 1. The Morgan fingerprint density at radius 2 is 1.70 bits per heavy atom. The predicted octanol–water partition coefficient (Wildman–Crippen LogP) is 4.91. The van der Waals surface area contributed by atoms with Crippen LogP contribution in [-0.4, -0.2) is 37.0 Å². The number of benzene rings is 1. The molecule has 0 fully saturated rings. The molecule has 3 aromatic heterocycles. The maximum absolute atomic E-state index is 14.8. The van der Waals surface area contributed by atoms with Crippen molar-refractivity contribution in [3.8, 4) is 17.1 Å². The van der Waals surface area contributed by atoms with Crippen molar-refractivity contribution in [3.05, 3.63) is 80.6 Å². The second-order valence-corrected chi connectivity index (χ2v) is 8.68. The van der Waals surface area contributed by atoms with Gasteiger partial charge in [-0.25, -0.2) is 23.8 Å². The molecule has 0 radical (unpaired) electrons. The fourth-order valence-corrected chi connectivity index (χ4v) is 3.89. The summed E-state index contributed by atoms with van der Waals surface area (Å²) in [5.74, 6) is -2.24. The van der Waals surface area contributed by atoms with Gasteiger partial charge in [0.15, 0.2) is 17.1 Å². The van der Waals surface area contributed by atoms with Crippen molar-refractivity contribution in [2.45, 2.75) is 44.5 Å². The lowest BCUT2D eigenvalue weighted by molar-refractivity contribution is -0.140. The van der Waals surface area contributed by atoms with Gasteiger partial charge >= 0.3 is 12.4 Å². The molecular weight excluding hydrogens is 558 g/mol. The number of nitrogens with zero attached hydrogens (tertiary/aromatic N) is 4. The average Bonchev–Trinajstić information content (AvgIpc) is 2.84. The summed E-state index contributed by atoms with van der Waals surface area (Å²) in [6.07, 6.45) is -10.4. The van der Waals surface area contributed by atoms with Crippen molar-refractivity contribution in [1.82, 2.24) is 24.7 Å². The van der Waals surface area contributed by atoms with Gasteiger partial charge in [-0.3, -0.25) is 9.59 Å². The van der Waals surface area contributed by atoms with Gasteiger partial charge in [0.2, 0.25) is 0 Å². The van der Waals surface area contributed by atoms with E-state index in [1.807, 2.05) is 0 Å². The Morgan fingerprint density at radius 3 is 2.33 bits per heavy atom. The number of rotatable bonds is 7. The highest BCUT2D eigenvalue weighted by Crippen LogP contribution is 2.33. The summed E-state index contributed by atoms with van der Waals surface area (Å²) < 4.78 is 113. The molecule has 212 valence electrons. The van der Waals surface area contributed by atoms with E-state index in [9.17, 15) is 44.7 Å². The van der Waals surface area contributed by atoms with E-state index >= 15 is 0 Å². The largest absolute Gasteiger partial charge is 0.488 e. The first-order chi connectivity index (χ1) is 18.6. The number of pyridine rings is 1. The van der Waals surface area contributed by atoms with Gasteiger partial charge in [-0.15, -0.1) is 0 Å². The predicted molar refractivity (Wildman–Crippen MR) is 124 cm³/mol. The molecule has 0 saturated heterocycles. The van der Waals surface area contributed by atoms with Gasteiger partial charge in [-0.1, -0.05) is 0 Å². The molecule has 0 amide bonds. The van der Waals surface area contributed by atoms with Crippen LogP contribution in [0.15, 0.2) is 52.6 Å². The first-order valence-electron chi connectivity index (χ1n) is 11.3. The summed E-state index contributed by atoms with van der Waals surface area (Å²) in [5, 5.41) is 4.91. The average molecular weight is 575 g/mol. The molecule has 16 heteroatoms. The Labute approximate surface area is 218 Å². The molecule has 4 rings (SSSR count). The first-order valence-corrected chi connectivity index (χ1v) is 11.3. The molecule has 0 saturated carbocycles. The molecule has 0 unspecified atom stereocenters. The minimum atomic E-state index is -5.05. The number of halogens is 8. The van der Waals surface area contributed by atoms with Crippen LogP contribution in [0.4, 0.5) is 35.1 Å². The Morgan fingerprint density at radius 1 is 1.02 bits per heavy atom. The maximum Gasteiger partial charge on any atom is 0.425 e. The molecule has 2 atom stereocenters. The van der Waals surface area contributed by atoms with Gasteiger partial charge in [0.1, 0.15) is 12.0 Å². The number of H-pyrrole nitrogens is 1. The third-order valence-corrected chi connectivity index (χ3v) is 5.70. The summed E-state index contributed by atoms with van der Waals surface area (Å²) in [7, 11) is 0. The Hall–Kier alpha value is -4.37. The first kappa shape index (κ1) is 28.6. The van der Waals surface area contributed by atoms with Gasteiger partial charge in [0.25, 0.3) is 11.1 Å². The van der Waals surface area contributed by atoms with Crippen LogP contribution in [0.3, 0.4) is 0 Å². The highest BCUT2D eigenvalue weighted by Gasteiger charge is 2.38. The molecule has 0 aliphatic heterocycles. The molecule has 0 spiro atoms. The molecular formula is C24H17F8N5O3. The quantitative estimate of drug-likeness (QED) is 0.314. The van der Waals surface area contributed by atoms with Crippen molar-refractivity contribution in [2.24, 2.45) is 0 Å². The van der Waals surface area contributed by atoms with Crippen LogP contribution in [0.25, 0.3) is 22.2 Å². The molecule has 0 aliphatic rings. The van der Waals surface area contributed by atoms with Gasteiger partial charge in [0, 0.05) is 25.0 Å². The van der Waals surface area contributed by atoms with E-state index in [0.29, 0.717) is 18.6 Å². The van der Waals surface area contributed by atoms with Crippen molar-refractivity contribution in [2.75, 3.05) is 0 Å². The second kappa shape index (κ2) is 10.7. The van der Waals surface area contributed by atoms with E-state index < -0.39 is 71.4 Å². The lowest BCUT2D eigenvalue weighted by atomic mass is 10.1. The minimum absolute atomic E-state index is 0.170. The number of aromatic nitrogens is 5. The van der Waals surface area contributed by atoms with E-state index in [1.165, 1.54) is 19.2 Å². The normalized spacial score (nSPS) is 13.8. The van der Waals surface area contributed by atoms with E-state index in [0.717, 1.165) is 16.7 Å². The van der Waals surface area contributed by atoms with Crippen molar-refractivity contribution >= 4 is 10.8 Å². The summed E-state index contributed by atoms with van der Waals surface area (Å²) in [6.45, 7) is 0.699. The highest BCUT2D eigenvalue weighted by atomic mass is 19.4. The van der Waals surface area contributed by atoms with Crippen LogP contribution < -0.4 is 15.9 Å². The summed E-state index contributed by atoms with van der Waals surface area (Å²) in [5.41, 5.74) is -5.35. The molecule has 1 N–H and O–H groups in total. The van der Waals surface area contributed by atoms with Crippen LogP contribution in [-0.2, 0) is 18.9 Å². The summed E-state index contributed by atoms with van der Waals surface area (Å²) in [4.78, 5) is 31.5.